The molecule has 2 N–H and O–H groups in total. The van der Waals surface area contributed by atoms with Gasteiger partial charge in [0.05, 0.1) is 12.3 Å². The monoisotopic (exact) mass is 209 g/mol. The van der Waals surface area contributed by atoms with Gasteiger partial charge in [0.1, 0.15) is 0 Å². The van der Waals surface area contributed by atoms with Gasteiger partial charge in [0.15, 0.2) is 0 Å². The summed E-state index contributed by atoms with van der Waals surface area (Å²) in [5, 5.41) is 4.30. The molecule has 0 aliphatic carbocycles. The molecule has 15 heavy (non-hydrogen) atoms. The molecule has 2 rings (SSSR count). The minimum atomic E-state index is 0.152. The van der Waals surface area contributed by atoms with Crippen LogP contribution in [0.3, 0.4) is 0 Å². The zero-order chi connectivity index (χ0) is 10.7. The number of rotatable bonds is 3. The highest BCUT2D eigenvalue weighted by molar-refractivity contribution is 5.09. The lowest BCUT2D eigenvalue weighted by Gasteiger charge is -2.26. The Labute approximate surface area is 90.4 Å². The van der Waals surface area contributed by atoms with Crippen LogP contribution in [-0.2, 0) is 11.3 Å². The molecule has 1 saturated heterocycles. The maximum Gasteiger partial charge on any atom is 0.0870 e. The Morgan fingerprint density at radius 2 is 2.53 bits per heavy atom. The smallest absolute Gasteiger partial charge is 0.0870 e. The summed E-state index contributed by atoms with van der Waals surface area (Å²) >= 11 is 0. The van der Waals surface area contributed by atoms with Gasteiger partial charge in [-0.3, -0.25) is 4.68 Å². The zero-order valence-electron chi connectivity index (χ0n) is 9.22. The summed E-state index contributed by atoms with van der Waals surface area (Å²) < 4.78 is 7.66. The van der Waals surface area contributed by atoms with Crippen LogP contribution >= 0.6 is 0 Å². The van der Waals surface area contributed by atoms with E-state index in [1.165, 1.54) is 5.56 Å². The van der Waals surface area contributed by atoms with Crippen molar-refractivity contribution in [3.05, 3.63) is 18.0 Å². The first kappa shape index (κ1) is 10.6. The Morgan fingerprint density at radius 3 is 3.27 bits per heavy atom. The molecule has 2 atom stereocenters. The number of hydrogen-bond acceptors (Lipinski definition) is 3. The molecule has 1 aromatic rings. The molecular formula is C11H19N3O. The second-order valence-corrected chi connectivity index (χ2v) is 4.18. The first-order valence-electron chi connectivity index (χ1n) is 5.69. The van der Waals surface area contributed by atoms with Gasteiger partial charge in [0, 0.05) is 31.0 Å². The lowest BCUT2D eigenvalue weighted by molar-refractivity contribution is 0.00662. The van der Waals surface area contributed by atoms with E-state index in [9.17, 15) is 0 Å². The van der Waals surface area contributed by atoms with Gasteiger partial charge in [0.2, 0.25) is 0 Å². The molecule has 0 aromatic carbocycles. The fourth-order valence-corrected chi connectivity index (χ4v) is 1.95. The van der Waals surface area contributed by atoms with Gasteiger partial charge in [-0.1, -0.05) is 6.92 Å². The summed E-state index contributed by atoms with van der Waals surface area (Å²) in [6.07, 6.45) is 7.12. The van der Waals surface area contributed by atoms with E-state index in [0.717, 1.165) is 32.4 Å². The van der Waals surface area contributed by atoms with Crippen LogP contribution in [0.2, 0.25) is 0 Å². The van der Waals surface area contributed by atoms with Gasteiger partial charge in [-0.2, -0.15) is 5.10 Å². The Hall–Kier alpha value is -0.870. The Bertz CT molecular complexity index is 311. The van der Waals surface area contributed by atoms with Crippen LogP contribution in [0.25, 0.3) is 0 Å². The summed E-state index contributed by atoms with van der Waals surface area (Å²) in [4.78, 5) is 0. The van der Waals surface area contributed by atoms with E-state index in [2.05, 4.69) is 18.2 Å². The van der Waals surface area contributed by atoms with Crippen molar-refractivity contribution < 1.29 is 4.74 Å². The van der Waals surface area contributed by atoms with Crippen molar-refractivity contribution in [2.75, 3.05) is 6.61 Å². The molecule has 1 aliphatic rings. The van der Waals surface area contributed by atoms with Gasteiger partial charge in [-0.05, 0) is 19.3 Å². The van der Waals surface area contributed by atoms with E-state index in [-0.39, 0.29) is 12.1 Å². The van der Waals surface area contributed by atoms with E-state index in [0.29, 0.717) is 0 Å². The number of ether oxygens (including phenoxy) is 1. The number of nitrogens with zero attached hydrogens (tertiary/aromatic N) is 2. The van der Waals surface area contributed by atoms with Crippen molar-refractivity contribution >= 4 is 0 Å². The molecule has 2 heterocycles. The maximum atomic E-state index is 5.92. The predicted octanol–water partition coefficient (Wildman–Crippen LogP) is 1.47. The van der Waals surface area contributed by atoms with Crippen molar-refractivity contribution in [3.63, 3.8) is 0 Å². The molecular weight excluding hydrogens is 190 g/mol. The molecule has 84 valence electrons. The lowest BCUT2D eigenvalue weighted by Crippen LogP contribution is -2.30. The fourth-order valence-electron chi connectivity index (χ4n) is 1.95. The molecule has 0 amide bonds. The van der Waals surface area contributed by atoms with E-state index in [1.807, 2.05) is 10.9 Å². The molecule has 2 unspecified atom stereocenters. The summed E-state index contributed by atoms with van der Waals surface area (Å²) in [5.41, 5.74) is 7.09. The molecule has 1 aromatic heterocycles. The number of aryl methyl sites for hydroxylation is 1. The molecule has 1 aliphatic heterocycles. The molecule has 4 heteroatoms. The van der Waals surface area contributed by atoms with E-state index in [4.69, 9.17) is 10.5 Å². The summed E-state index contributed by atoms with van der Waals surface area (Å²) in [5.74, 6) is 0. The highest BCUT2D eigenvalue weighted by atomic mass is 16.5. The van der Waals surface area contributed by atoms with Crippen LogP contribution in [0.15, 0.2) is 12.4 Å². The Morgan fingerprint density at radius 1 is 1.67 bits per heavy atom. The van der Waals surface area contributed by atoms with Crippen LogP contribution in [0.5, 0.6) is 0 Å². The highest BCUT2D eigenvalue weighted by Crippen LogP contribution is 2.26. The number of aromatic nitrogens is 2. The van der Waals surface area contributed by atoms with Crippen LogP contribution in [0, 0.1) is 0 Å². The van der Waals surface area contributed by atoms with Crippen LogP contribution in [-0.4, -0.2) is 22.4 Å². The molecule has 4 nitrogen and oxygen atoms in total. The van der Waals surface area contributed by atoms with Crippen molar-refractivity contribution in [1.29, 1.82) is 0 Å². The fraction of sp³-hybridized carbons (Fsp3) is 0.727. The minimum Gasteiger partial charge on any atom is -0.373 e. The van der Waals surface area contributed by atoms with Gasteiger partial charge in [-0.25, -0.2) is 0 Å². The zero-order valence-corrected chi connectivity index (χ0v) is 9.22. The van der Waals surface area contributed by atoms with E-state index < -0.39 is 0 Å². The molecule has 1 fully saturated rings. The first-order chi connectivity index (χ1) is 7.29. The van der Waals surface area contributed by atoms with Gasteiger partial charge < -0.3 is 10.5 Å². The second kappa shape index (κ2) is 4.77. The third kappa shape index (κ3) is 2.58. The van der Waals surface area contributed by atoms with E-state index in [1.54, 1.807) is 0 Å². The minimum absolute atomic E-state index is 0.152. The topological polar surface area (TPSA) is 53.1 Å². The molecule has 0 spiro atoms. The third-order valence-electron chi connectivity index (χ3n) is 2.80. The molecule has 0 bridgehead atoms. The first-order valence-corrected chi connectivity index (χ1v) is 5.69. The van der Waals surface area contributed by atoms with Crippen molar-refractivity contribution in [2.24, 2.45) is 5.73 Å². The third-order valence-corrected chi connectivity index (χ3v) is 2.80. The average molecular weight is 209 g/mol. The Balaban J connectivity index is 2.01. The quantitative estimate of drug-likeness (QED) is 0.820. The highest BCUT2D eigenvalue weighted by Gasteiger charge is 2.22. The number of hydrogen-bond donors (Lipinski definition) is 1. The summed E-state index contributed by atoms with van der Waals surface area (Å²) in [6.45, 7) is 3.89. The van der Waals surface area contributed by atoms with Gasteiger partial charge in [0.25, 0.3) is 0 Å². The average Bonchev–Trinajstić information content (AvgIpc) is 2.67. The SMILES string of the molecule is CCCn1cc(C2CC(N)CCO2)cn1. The van der Waals surface area contributed by atoms with Gasteiger partial charge in [-0.15, -0.1) is 0 Å². The largest absolute Gasteiger partial charge is 0.373 e. The van der Waals surface area contributed by atoms with Crippen molar-refractivity contribution in [2.45, 2.75) is 44.9 Å². The van der Waals surface area contributed by atoms with Crippen LogP contribution in [0.1, 0.15) is 37.9 Å². The molecule has 0 saturated carbocycles. The number of nitrogens with two attached hydrogens (primary N) is 1. The normalized spacial score (nSPS) is 26.8. The van der Waals surface area contributed by atoms with E-state index >= 15 is 0 Å². The predicted molar refractivity (Wildman–Crippen MR) is 58.4 cm³/mol. The standard InChI is InChI=1S/C11H19N3O/c1-2-4-14-8-9(7-13-14)11-6-10(12)3-5-15-11/h7-8,10-11H,2-6,12H2,1H3. The maximum absolute atomic E-state index is 5.92. The van der Waals surface area contributed by atoms with Crippen LogP contribution in [0.4, 0.5) is 0 Å². The van der Waals surface area contributed by atoms with Crippen LogP contribution < -0.4 is 5.73 Å². The second-order valence-electron chi connectivity index (χ2n) is 4.18. The van der Waals surface area contributed by atoms with Crippen molar-refractivity contribution in [1.82, 2.24) is 9.78 Å². The summed E-state index contributed by atoms with van der Waals surface area (Å²) in [7, 11) is 0. The molecule has 0 radical (unpaired) electrons. The Kier molecular flexibility index (Phi) is 3.38. The lowest BCUT2D eigenvalue weighted by atomic mass is 10.0. The summed E-state index contributed by atoms with van der Waals surface area (Å²) in [6, 6.07) is 0.276. The van der Waals surface area contributed by atoms with Crippen molar-refractivity contribution in [3.8, 4) is 0 Å². The van der Waals surface area contributed by atoms with Gasteiger partial charge >= 0.3 is 0 Å².